The summed E-state index contributed by atoms with van der Waals surface area (Å²) in [7, 11) is 1.60. The molecule has 1 aromatic carbocycles. The van der Waals surface area contributed by atoms with Crippen LogP contribution < -0.4 is 10.9 Å². The number of hydrogen-bond donors (Lipinski definition) is 1. The number of carbonyl (C=O) groups excluding carboxylic acids is 1. The fraction of sp³-hybridized carbons (Fsp3) is 0.435. The summed E-state index contributed by atoms with van der Waals surface area (Å²) >= 11 is 1.30. The third-order valence-electron chi connectivity index (χ3n) is 5.67. The molecule has 0 fully saturated rings. The molecule has 1 amide bonds. The van der Waals surface area contributed by atoms with E-state index in [1.165, 1.54) is 16.9 Å². The van der Waals surface area contributed by atoms with E-state index in [4.69, 9.17) is 9.72 Å². The largest absolute Gasteiger partial charge is 0.383 e. The summed E-state index contributed by atoms with van der Waals surface area (Å²) in [6.45, 7) is 7.26. The van der Waals surface area contributed by atoms with E-state index < -0.39 is 0 Å². The number of aryl methyl sites for hydroxylation is 1. The second-order valence-corrected chi connectivity index (χ2v) is 9.06. The average molecular weight is 441 g/mol. The zero-order chi connectivity index (χ0) is 22.0. The van der Waals surface area contributed by atoms with Crippen molar-refractivity contribution in [3.8, 4) is 0 Å². The Bertz CT molecular complexity index is 1140. The quantitative estimate of drug-likeness (QED) is 0.638. The SMILES string of the molecule is COCC(C)NC(=O)c1sc2nc3n(c(=O)c2c1C)CCN(Cc1ccccc1)CC3. The highest BCUT2D eigenvalue weighted by atomic mass is 32.1. The summed E-state index contributed by atoms with van der Waals surface area (Å²) in [5, 5.41) is 3.49. The number of carbonyl (C=O) groups is 1. The van der Waals surface area contributed by atoms with Crippen molar-refractivity contribution in [1.82, 2.24) is 19.8 Å². The first-order chi connectivity index (χ1) is 15.0. The van der Waals surface area contributed by atoms with Gasteiger partial charge in [0.05, 0.1) is 16.9 Å². The maximum Gasteiger partial charge on any atom is 0.262 e. The molecule has 3 heterocycles. The fourth-order valence-corrected chi connectivity index (χ4v) is 5.18. The molecule has 164 valence electrons. The number of amides is 1. The second-order valence-electron chi connectivity index (χ2n) is 8.06. The van der Waals surface area contributed by atoms with Crippen molar-refractivity contribution in [2.75, 3.05) is 26.8 Å². The van der Waals surface area contributed by atoms with Gasteiger partial charge in [-0.1, -0.05) is 30.3 Å². The third kappa shape index (κ3) is 4.56. The van der Waals surface area contributed by atoms with Crippen LogP contribution in [0.3, 0.4) is 0 Å². The highest BCUT2D eigenvalue weighted by molar-refractivity contribution is 7.20. The van der Waals surface area contributed by atoms with Gasteiger partial charge in [0.2, 0.25) is 0 Å². The van der Waals surface area contributed by atoms with E-state index in [1.807, 2.05) is 19.9 Å². The summed E-state index contributed by atoms with van der Waals surface area (Å²) in [4.78, 5) is 34.4. The molecule has 1 atom stereocenters. The Hall–Kier alpha value is -2.55. The Morgan fingerprint density at radius 3 is 2.77 bits per heavy atom. The number of aromatic nitrogens is 2. The predicted molar refractivity (Wildman–Crippen MR) is 123 cm³/mol. The molecule has 3 aromatic rings. The molecule has 4 rings (SSSR count). The molecular formula is C23H28N4O3S. The fourth-order valence-electron chi connectivity index (χ4n) is 4.09. The minimum Gasteiger partial charge on any atom is -0.383 e. The summed E-state index contributed by atoms with van der Waals surface area (Å²) in [6.07, 6.45) is 0.710. The lowest BCUT2D eigenvalue weighted by Crippen LogP contribution is -2.35. The maximum absolute atomic E-state index is 13.3. The summed E-state index contributed by atoms with van der Waals surface area (Å²) in [6, 6.07) is 10.3. The number of hydrogen-bond acceptors (Lipinski definition) is 6. The topological polar surface area (TPSA) is 76.5 Å². The van der Waals surface area contributed by atoms with E-state index in [-0.39, 0.29) is 17.5 Å². The predicted octanol–water partition coefficient (Wildman–Crippen LogP) is 2.59. The van der Waals surface area contributed by atoms with Crippen LogP contribution in [0.15, 0.2) is 35.1 Å². The van der Waals surface area contributed by atoms with Gasteiger partial charge in [0.25, 0.3) is 11.5 Å². The average Bonchev–Trinajstić information content (AvgIpc) is 2.94. The number of methoxy groups -OCH3 is 1. The minimum atomic E-state index is -0.182. The van der Waals surface area contributed by atoms with Crippen LogP contribution in [0.1, 0.15) is 33.5 Å². The van der Waals surface area contributed by atoms with Gasteiger partial charge in [0, 0.05) is 45.8 Å². The van der Waals surface area contributed by atoms with Crippen molar-refractivity contribution < 1.29 is 9.53 Å². The van der Waals surface area contributed by atoms with Gasteiger partial charge >= 0.3 is 0 Å². The molecule has 0 radical (unpaired) electrons. The lowest BCUT2D eigenvalue weighted by Gasteiger charge is -2.19. The molecular weight excluding hydrogens is 412 g/mol. The van der Waals surface area contributed by atoms with E-state index in [0.717, 1.165) is 25.5 Å². The minimum absolute atomic E-state index is 0.0423. The number of ether oxygens (including phenoxy) is 1. The molecule has 2 aromatic heterocycles. The molecule has 0 saturated heterocycles. The highest BCUT2D eigenvalue weighted by Crippen LogP contribution is 2.28. The third-order valence-corrected chi connectivity index (χ3v) is 6.85. The molecule has 8 heteroatoms. The second kappa shape index (κ2) is 9.30. The van der Waals surface area contributed by atoms with Crippen LogP contribution in [0, 0.1) is 6.92 Å². The first kappa shape index (κ1) is 21.7. The van der Waals surface area contributed by atoms with Gasteiger partial charge in [-0.25, -0.2) is 4.98 Å². The van der Waals surface area contributed by atoms with Gasteiger partial charge in [-0.3, -0.25) is 19.1 Å². The van der Waals surface area contributed by atoms with E-state index in [0.29, 0.717) is 40.2 Å². The zero-order valence-electron chi connectivity index (χ0n) is 18.2. The Morgan fingerprint density at radius 1 is 1.26 bits per heavy atom. The van der Waals surface area contributed by atoms with Crippen LogP contribution in [0.4, 0.5) is 0 Å². The van der Waals surface area contributed by atoms with E-state index >= 15 is 0 Å². The Morgan fingerprint density at radius 2 is 2.03 bits per heavy atom. The molecule has 0 saturated carbocycles. The van der Waals surface area contributed by atoms with Gasteiger partial charge in [-0.2, -0.15) is 0 Å². The molecule has 1 unspecified atom stereocenters. The van der Waals surface area contributed by atoms with Crippen LogP contribution in [0.2, 0.25) is 0 Å². The van der Waals surface area contributed by atoms with Crippen LogP contribution in [0.25, 0.3) is 10.2 Å². The Balaban J connectivity index is 1.59. The van der Waals surface area contributed by atoms with Crippen molar-refractivity contribution >= 4 is 27.5 Å². The van der Waals surface area contributed by atoms with Crippen LogP contribution in [-0.4, -0.2) is 53.2 Å². The van der Waals surface area contributed by atoms with Crippen molar-refractivity contribution in [3.63, 3.8) is 0 Å². The van der Waals surface area contributed by atoms with Crippen LogP contribution in [0.5, 0.6) is 0 Å². The Kier molecular flexibility index (Phi) is 6.50. The monoisotopic (exact) mass is 440 g/mol. The first-order valence-electron chi connectivity index (χ1n) is 10.6. The highest BCUT2D eigenvalue weighted by Gasteiger charge is 2.24. The lowest BCUT2D eigenvalue weighted by molar-refractivity contribution is 0.0909. The van der Waals surface area contributed by atoms with E-state index in [2.05, 4.69) is 34.5 Å². The number of nitrogens with zero attached hydrogens (tertiary/aromatic N) is 3. The number of fused-ring (bicyclic) bond motifs is 2. The van der Waals surface area contributed by atoms with Crippen molar-refractivity contribution in [2.45, 2.75) is 39.4 Å². The molecule has 1 N–H and O–H groups in total. The first-order valence-corrected chi connectivity index (χ1v) is 11.4. The molecule has 0 spiro atoms. The Labute approximate surface area is 185 Å². The molecule has 31 heavy (non-hydrogen) atoms. The summed E-state index contributed by atoms with van der Waals surface area (Å²) < 4.78 is 6.89. The molecule has 1 aliphatic heterocycles. The molecule has 0 aliphatic carbocycles. The normalized spacial score (nSPS) is 15.5. The number of benzene rings is 1. The molecule has 1 aliphatic rings. The van der Waals surface area contributed by atoms with Gasteiger partial charge in [0.15, 0.2) is 0 Å². The van der Waals surface area contributed by atoms with Crippen molar-refractivity contribution in [3.05, 3.63) is 62.5 Å². The smallest absolute Gasteiger partial charge is 0.262 e. The molecule has 7 nitrogen and oxygen atoms in total. The van der Waals surface area contributed by atoms with Crippen LogP contribution in [-0.2, 0) is 24.2 Å². The number of thiophene rings is 1. The van der Waals surface area contributed by atoms with Crippen LogP contribution >= 0.6 is 11.3 Å². The lowest BCUT2D eigenvalue weighted by atomic mass is 10.2. The van der Waals surface area contributed by atoms with Gasteiger partial charge in [-0.15, -0.1) is 11.3 Å². The zero-order valence-corrected chi connectivity index (χ0v) is 19.0. The number of rotatable bonds is 6. The van der Waals surface area contributed by atoms with Gasteiger partial charge in [-0.05, 0) is 25.0 Å². The number of nitrogens with one attached hydrogen (secondary N) is 1. The molecule has 0 bridgehead atoms. The standard InChI is InChI=1S/C23H28N4O3S/c1-15(14-30-3)24-21(28)20-16(2)19-22(31-20)25-18-9-10-26(11-12-27(18)23(19)29)13-17-7-5-4-6-8-17/h4-8,15H,9-14H2,1-3H3,(H,24,28). The van der Waals surface area contributed by atoms with E-state index in [9.17, 15) is 9.59 Å². The van der Waals surface area contributed by atoms with Gasteiger partial charge in [0.1, 0.15) is 10.7 Å². The van der Waals surface area contributed by atoms with Crippen molar-refractivity contribution in [1.29, 1.82) is 0 Å². The van der Waals surface area contributed by atoms with E-state index in [1.54, 1.807) is 11.7 Å². The summed E-state index contributed by atoms with van der Waals surface area (Å²) in [5.74, 6) is 0.618. The van der Waals surface area contributed by atoms with Gasteiger partial charge < -0.3 is 10.1 Å². The summed E-state index contributed by atoms with van der Waals surface area (Å²) in [5.41, 5.74) is 1.93. The van der Waals surface area contributed by atoms with Crippen molar-refractivity contribution in [2.24, 2.45) is 0 Å². The maximum atomic E-state index is 13.3.